The fourth-order valence-corrected chi connectivity index (χ4v) is 3.41. The quantitative estimate of drug-likeness (QED) is 0.852. The molecule has 1 fully saturated rings. The van der Waals surface area contributed by atoms with Crippen LogP contribution in [0.2, 0.25) is 0 Å². The average molecular weight is 341 g/mol. The summed E-state index contributed by atoms with van der Waals surface area (Å²) in [4.78, 5) is 14.2. The molecular formula is C19H23N3O3. The summed E-state index contributed by atoms with van der Waals surface area (Å²) < 4.78 is 6.16. The molecule has 1 aromatic rings. The molecule has 2 aliphatic heterocycles. The maximum Gasteiger partial charge on any atom is 0.227 e. The molecule has 0 radical (unpaired) electrons. The number of hydrogen-bond acceptors (Lipinski definition) is 5. The van der Waals surface area contributed by atoms with E-state index in [2.05, 4.69) is 6.07 Å². The van der Waals surface area contributed by atoms with E-state index in [-0.39, 0.29) is 12.5 Å². The fraction of sp³-hybridized carbons (Fsp3) is 0.474. The molecule has 2 aliphatic rings. The minimum atomic E-state index is -0.671. The standard InChI is InChI=1S/C19H23N3O3/c1-4-21(24)12-15-18(22-9-5-6-17(22)23)14-10-13(11-20)7-8-16(14)25-19(15,2)3/h7-8,10,24H,4-6,9,12H2,1-3H3. The fourth-order valence-electron chi connectivity index (χ4n) is 3.41. The molecule has 6 heteroatoms. The van der Waals surface area contributed by atoms with Gasteiger partial charge in [-0.2, -0.15) is 10.3 Å². The van der Waals surface area contributed by atoms with Gasteiger partial charge >= 0.3 is 0 Å². The van der Waals surface area contributed by atoms with Crippen molar-refractivity contribution in [1.82, 2.24) is 9.96 Å². The number of nitrogens with zero attached hydrogens (tertiary/aromatic N) is 3. The second-order valence-corrected chi connectivity index (χ2v) is 6.89. The number of likely N-dealkylation sites (N-methyl/N-ethyl adjacent to an activating group) is 1. The Morgan fingerprint density at radius 1 is 1.44 bits per heavy atom. The van der Waals surface area contributed by atoms with Gasteiger partial charge in [0.2, 0.25) is 5.91 Å². The Balaban J connectivity index is 2.23. The lowest BCUT2D eigenvalue weighted by Crippen LogP contribution is -2.43. The van der Waals surface area contributed by atoms with Crippen LogP contribution in [0.25, 0.3) is 5.70 Å². The number of hydroxylamine groups is 2. The zero-order chi connectivity index (χ0) is 18.2. The number of carbonyl (C=O) groups is 1. The maximum atomic E-state index is 12.5. The first kappa shape index (κ1) is 17.5. The highest BCUT2D eigenvalue weighted by Gasteiger charge is 2.40. The number of rotatable bonds is 4. The summed E-state index contributed by atoms with van der Waals surface area (Å²) in [6, 6.07) is 7.41. The number of carbonyl (C=O) groups excluding carboxylic acids is 1. The lowest BCUT2D eigenvalue weighted by atomic mass is 9.88. The molecule has 0 atom stereocenters. The molecule has 1 amide bonds. The molecule has 1 aromatic carbocycles. The lowest BCUT2D eigenvalue weighted by molar-refractivity contribution is -0.125. The van der Waals surface area contributed by atoms with Crippen LogP contribution in [0.3, 0.4) is 0 Å². The molecule has 0 saturated carbocycles. The van der Waals surface area contributed by atoms with Crippen molar-refractivity contribution in [2.75, 3.05) is 19.6 Å². The van der Waals surface area contributed by atoms with Gasteiger partial charge in [0.1, 0.15) is 11.4 Å². The molecule has 25 heavy (non-hydrogen) atoms. The number of amides is 1. The molecule has 0 unspecified atom stereocenters. The predicted molar refractivity (Wildman–Crippen MR) is 92.8 cm³/mol. The summed E-state index contributed by atoms with van der Waals surface area (Å²) in [6.45, 7) is 7.12. The minimum absolute atomic E-state index is 0.0690. The molecule has 0 bridgehead atoms. The van der Waals surface area contributed by atoms with E-state index in [9.17, 15) is 15.3 Å². The monoisotopic (exact) mass is 341 g/mol. The minimum Gasteiger partial charge on any atom is -0.483 e. The van der Waals surface area contributed by atoms with E-state index in [4.69, 9.17) is 4.74 Å². The van der Waals surface area contributed by atoms with Gasteiger partial charge in [0.05, 0.1) is 23.9 Å². The summed E-state index contributed by atoms with van der Waals surface area (Å²) >= 11 is 0. The Morgan fingerprint density at radius 3 is 2.80 bits per heavy atom. The van der Waals surface area contributed by atoms with Crippen molar-refractivity contribution in [3.63, 3.8) is 0 Å². The van der Waals surface area contributed by atoms with Gasteiger partial charge in [0.25, 0.3) is 0 Å². The van der Waals surface area contributed by atoms with E-state index in [1.807, 2.05) is 20.8 Å². The van der Waals surface area contributed by atoms with Crippen molar-refractivity contribution >= 4 is 11.6 Å². The summed E-state index contributed by atoms with van der Waals surface area (Å²) in [5.74, 6) is 0.725. The summed E-state index contributed by atoms with van der Waals surface area (Å²) in [5.41, 5.74) is 2.21. The highest BCUT2D eigenvalue weighted by Crippen LogP contribution is 2.44. The van der Waals surface area contributed by atoms with Crippen molar-refractivity contribution in [1.29, 1.82) is 5.26 Å². The number of ether oxygens (including phenoxy) is 1. The predicted octanol–water partition coefficient (Wildman–Crippen LogP) is 2.77. The highest BCUT2D eigenvalue weighted by atomic mass is 16.5. The van der Waals surface area contributed by atoms with Crippen LogP contribution in [-0.4, -0.2) is 46.3 Å². The van der Waals surface area contributed by atoms with Crippen LogP contribution in [-0.2, 0) is 4.79 Å². The number of hydrogen-bond donors (Lipinski definition) is 1. The second-order valence-electron chi connectivity index (χ2n) is 6.89. The zero-order valence-corrected chi connectivity index (χ0v) is 14.9. The molecule has 1 N–H and O–H groups in total. The van der Waals surface area contributed by atoms with Crippen molar-refractivity contribution < 1.29 is 14.7 Å². The van der Waals surface area contributed by atoms with Crippen LogP contribution in [0.4, 0.5) is 0 Å². The van der Waals surface area contributed by atoms with E-state index in [1.165, 1.54) is 5.06 Å². The van der Waals surface area contributed by atoms with Gasteiger partial charge in [-0.3, -0.25) is 4.79 Å². The lowest BCUT2D eigenvalue weighted by Gasteiger charge is -2.40. The topological polar surface area (TPSA) is 76.8 Å². The summed E-state index contributed by atoms with van der Waals surface area (Å²) in [6.07, 6.45) is 1.32. The Bertz CT molecular complexity index is 777. The Morgan fingerprint density at radius 2 is 2.20 bits per heavy atom. The normalized spacial score (nSPS) is 19.0. The van der Waals surface area contributed by atoms with Crippen LogP contribution >= 0.6 is 0 Å². The first-order valence-electron chi connectivity index (χ1n) is 8.58. The molecule has 132 valence electrons. The first-order chi connectivity index (χ1) is 11.9. The van der Waals surface area contributed by atoms with Gasteiger partial charge in [-0.25, -0.2) is 0 Å². The molecule has 6 nitrogen and oxygen atoms in total. The number of nitriles is 1. The largest absolute Gasteiger partial charge is 0.483 e. The van der Waals surface area contributed by atoms with Crippen LogP contribution in [0.1, 0.15) is 44.7 Å². The molecule has 0 aliphatic carbocycles. The number of fused-ring (bicyclic) bond motifs is 1. The molecule has 3 rings (SSSR count). The maximum absolute atomic E-state index is 12.5. The van der Waals surface area contributed by atoms with Crippen molar-refractivity contribution in [2.45, 2.75) is 39.2 Å². The summed E-state index contributed by atoms with van der Waals surface area (Å²) in [7, 11) is 0. The number of likely N-dealkylation sites (tertiary alicyclic amines) is 1. The van der Waals surface area contributed by atoms with E-state index in [0.717, 1.165) is 23.3 Å². The third kappa shape index (κ3) is 3.13. The Labute approximate surface area is 147 Å². The first-order valence-corrected chi connectivity index (χ1v) is 8.58. The zero-order valence-electron chi connectivity index (χ0n) is 14.9. The smallest absolute Gasteiger partial charge is 0.227 e. The second kappa shape index (κ2) is 6.51. The van der Waals surface area contributed by atoms with Gasteiger partial charge in [0.15, 0.2) is 0 Å². The van der Waals surface area contributed by atoms with Gasteiger partial charge in [-0.1, -0.05) is 6.92 Å². The molecule has 0 aromatic heterocycles. The van der Waals surface area contributed by atoms with Crippen LogP contribution < -0.4 is 4.74 Å². The van der Waals surface area contributed by atoms with Crippen LogP contribution in [0.5, 0.6) is 5.75 Å². The Hall–Kier alpha value is -2.36. The Kier molecular flexibility index (Phi) is 4.55. The van der Waals surface area contributed by atoms with Crippen molar-refractivity contribution in [3.05, 3.63) is 34.9 Å². The summed E-state index contributed by atoms with van der Waals surface area (Å²) in [5, 5.41) is 20.6. The van der Waals surface area contributed by atoms with Crippen LogP contribution in [0.15, 0.2) is 23.8 Å². The molecule has 0 spiro atoms. The van der Waals surface area contributed by atoms with Crippen LogP contribution in [0, 0.1) is 11.3 Å². The third-order valence-electron chi connectivity index (χ3n) is 4.79. The van der Waals surface area contributed by atoms with Gasteiger partial charge in [-0.05, 0) is 38.5 Å². The highest BCUT2D eigenvalue weighted by molar-refractivity contribution is 5.91. The van der Waals surface area contributed by atoms with E-state index >= 15 is 0 Å². The van der Waals surface area contributed by atoms with Gasteiger partial charge in [-0.15, -0.1) is 0 Å². The third-order valence-corrected chi connectivity index (χ3v) is 4.79. The van der Waals surface area contributed by atoms with Gasteiger partial charge < -0.3 is 14.8 Å². The average Bonchev–Trinajstić information content (AvgIpc) is 3.00. The van der Waals surface area contributed by atoms with E-state index < -0.39 is 5.60 Å². The van der Waals surface area contributed by atoms with Crippen molar-refractivity contribution in [3.8, 4) is 11.8 Å². The molecule has 1 saturated heterocycles. The SMILES string of the molecule is CCN(O)CC1=C(N2CCCC2=O)c2cc(C#N)ccc2OC1(C)C. The van der Waals surface area contributed by atoms with E-state index in [0.29, 0.717) is 30.8 Å². The van der Waals surface area contributed by atoms with E-state index in [1.54, 1.807) is 23.1 Å². The van der Waals surface area contributed by atoms with Gasteiger partial charge in [0, 0.05) is 30.6 Å². The molecular weight excluding hydrogens is 318 g/mol. The number of benzene rings is 1. The molecule has 2 heterocycles. The van der Waals surface area contributed by atoms with Crippen molar-refractivity contribution in [2.24, 2.45) is 0 Å².